The van der Waals surface area contributed by atoms with Crippen LogP contribution in [0.5, 0.6) is 0 Å². The zero-order valence-electron chi connectivity index (χ0n) is 68.7. The SMILES string of the molecule is c1ccc(-c2ccc(-n3c4ccccc4c4cc(-c5ccc6c(c5)c5ccc7c(c8ccccc8n7-c7ccccc7)c5n6-c5cccc(-c6ccccc6)c5)ccc43)cc2)cc1.c1ccc(-c2ccc(-n3c4ccccc4c4cc(-c5ccc6c(c5)c5ccc7c8ccccc8n(-c8ccccc8)c7c5n6-c5cccc(-c6ccccc6)c5)ccc43)cc2)cc1. The highest BCUT2D eigenvalue weighted by atomic mass is 15.1. The molecule has 0 aliphatic rings. The molecule has 0 saturated carbocycles. The third-order valence-corrected chi connectivity index (χ3v) is 26.1. The number of hydrogen-bond acceptors (Lipinski definition) is 0. The number of para-hydroxylation sites is 6. The van der Waals surface area contributed by atoms with E-state index in [9.17, 15) is 0 Å². The van der Waals surface area contributed by atoms with E-state index in [4.69, 9.17) is 0 Å². The fourth-order valence-electron chi connectivity index (χ4n) is 20.3. The van der Waals surface area contributed by atoms with Crippen molar-refractivity contribution in [1.82, 2.24) is 27.4 Å². The molecule has 20 aromatic carbocycles. The fourth-order valence-corrected chi connectivity index (χ4v) is 20.3. The topological polar surface area (TPSA) is 29.6 Å². The smallest absolute Gasteiger partial charge is 0.0788 e. The van der Waals surface area contributed by atoms with E-state index in [0.717, 1.165) is 34.1 Å². The number of nitrogens with zero attached hydrogens (tertiary/aromatic N) is 6. The molecule has 26 aromatic rings. The minimum absolute atomic E-state index is 1.13. The fraction of sp³-hybridized carbons (Fsp3) is 0. The van der Waals surface area contributed by atoms with Gasteiger partial charge in [0.25, 0.3) is 0 Å². The van der Waals surface area contributed by atoms with Crippen LogP contribution < -0.4 is 0 Å². The lowest BCUT2D eigenvalue weighted by Crippen LogP contribution is -1.98. The van der Waals surface area contributed by atoms with E-state index in [2.05, 4.69) is 501 Å². The molecule has 6 heteroatoms. The van der Waals surface area contributed by atoms with Gasteiger partial charge in [-0.2, -0.15) is 0 Å². The van der Waals surface area contributed by atoms with Gasteiger partial charge in [0.2, 0.25) is 0 Å². The maximum absolute atomic E-state index is 2.50. The number of hydrogen-bond donors (Lipinski definition) is 0. The van der Waals surface area contributed by atoms with E-state index in [-0.39, 0.29) is 0 Å². The van der Waals surface area contributed by atoms with Gasteiger partial charge in [0, 0.05) is 98.8 Å². The van der Waals surface area contributed by atoms with Crippen LogP contribution in [0, 0.1) is 0 Å². The molecular formula is C120H78N6. The molecule has 6 nitrogen and oxygen atoms in total. The minimum Gasteiger partial charge on any atom is -0.309 e. The lowest BCUT2D eigenvalue weighted by molar-refractivity contribution is 1.15. The van der Waals surface area contributed by atoms with Crippen LogP contribution >= 0.6 is 0 Å². The molecule has 0 amide bonds. The zero-order chi connectivity index (χ0) is 82.9. The summed E-state index contributed by atoms with van der Waals surface area (Å²) in [6.07, 6.45) is 0. The monoisotopic (exact) mass is 1600 g/mol. The standard InChI is InChI=1S/2C60H39N3/c1-4-15-40(16-5-1)42-27-31-47(32-28-42)61-55-25-12-11-24-50(55)53-38-44(29-35-57(53)61)45-30-36-58-54(39-45)52-34-33-51-49-23-10-13-26-56(49)62(46-20-8-3-9-21-46)59(51)60(52)63(58)48-22-14-19-43(37-48)41-17-6-2-7-18-41;1-4-15-40(16-5-1)42-27-31-47(32-28-42)61-54-25-12-10-23-49(54)52-38-44(29-34-56(52)61)45-30-35-57-53(39-45)50-33-36-58-59(51-24-11-13-26-55(51)62(58)46-20-8-3-9-21-46)60(50)63(57)48-22-14-19-43(37-48)41-17-6-2-7-18-41/h2*1-39H. The van der Waals surface area contributed by atoms with Crippen LogP contribution in [0.25, 0.3) is 232 Å². The number of rotatable bonds is 12. The first kappa shape index (κ1) is 72.1. The van der Waals surface area contributed by atoms with Crippen LogP contribution in [0.1, 0.15) is 0 Å². The molecule has 0 bridgehead atoms. The highest BCUT2D eigenvalue weighted by molar-refractivity contribution is 6.28. The van der Waals surface area contributed by atoms with Gasteiger partial charge in [-0.05, 0) is 218 Å². The van der Waals surface area contributed by atoms with E-state index in [1.165, 1.54) is 198 Å². The molecule has 0 unspecified atom stereocenters. The largest absolute Gasteiger partial charge is 0.309 e. The van der Waals surface area contributed by atoms with Crippen LogP contribution in [0.15, 0.2) is 473 Å². The van der Waals surface area contributed by atoms with Crippen molar-refractivity contribution in [2.24, 2.45) is 0 Å². The number of fused-ring (bicyclic) bond motifs is 20. The molecule has 0 spiro atoms. The van der Waals surface area contributed by atoms with Gasteiger partial charge in [0.05, 0.1) is 66.2 Å². The van der Waals surface area contributed by atoms with Crippen molar-refractivity contribution in [3.8, 4) is 101 Å². The second-order valence-electron chi connectivity index (χ2n) is 33.1. The molecule has 588 valence electrons. The average molecular weight is 1600 g/mol. The second kappa shape index (κ2) is 29.5. The molecule has 0 aliphatic heterocycles. The maximum atomic E-state index is 2.50. The summed E-state index contributed by atoms with van der Waals surface area (Å²) in [6.45, 7) is 0. The first-order valence-electron chi connectivity index (χ1n) is 43.4. The van der Waals surface area contributed by atoms with Crippen molar-refractivity contribution in [2.45, 2.75) is 0 Å². The third kappa shape index (κ3) is 11.7. The first-order chi connectivity index (χ1) is 62.5. The normalized spacial score (nSPS) is 11.8. The van der Waals surface area contributed by atoms with E-state index >= 15 is 0 Å². The van der Waals surface area contributed by atoms with E-state index in [0.29, 0.717) is 0 Å². The van der Waals surface area contributed by atoms with Gasteiger partial charge in [0.15, 0.2) is 0 Å². The lowest BCUT2D eigenvalue weighted by atomic mass is 10.00. The summed E-state index contributed by atoms with van der Waals surface area (Å²) in [7, 11) is 0. The quantitative estimate of drug-likeness (QED) is 0.117. The summed E-state index contributed by atoms with van der Waals surface area (Å²) in [5.41, 5.74) is 35.6. The summed E-state index contributed by atoms with van der Waals surface area (Å²) in [5, 5.41) is 14.8. The van der Waals surface area contributed by atoms with Crippen LogP contribution in [-0.2, 0) is 0 Å². The van der Waals surface area contributed by atoms with Gasteiger partial charge in [-0.25, -0.2) is 0 Å². The summed E-state index contributed by atoms with van der Waals surface area (Å²) < 4.78 is 14.7. The Balaban J connectivity index is 0.000000137. The van der Waals surface area contributed by atoms with Crippen LogP contribution in [0.3, 0.4) is 0 Å². The van der Waals surface area contributed by atoms with E-state index < -0.39 is 0 Å². The van der Waals surface area contributed by atoms with Gasteiger partial charge in [-0.1, -0.05) is 322 Å². The minimum atomic E-state index is 1.13. The Morgan fingerprint density at radius 2 is 0.325 bits per heavy atom. The van der Waals surface area contributed by atoms with Crippen LogP contribution in [0.2, 0.25) is 0 Å². The van der Waals surface area contributed by atoms with Gasteiger partial charge in [-0.3, -0.25) is 0 Å². The van der Waals surface area contributed by atoms with Gasteiger partial charge >= 0.3 is 0 Å². The molecule has 0 atom stereocenters. The molecule has 6 aromatic heterocycles. The van der Waals surface area contributed by atoms with Crippen molar-refractivity contribution in [3.63, 3.8) is 0 Å². The Morgan fingerprint density at radius 3 is 0.746 bits per heavy atom. The third-order valence-electron chi connectivity index (χ3n) is 26.1. The van der Waals surface area contributed by atoms with Gasteiger partial charge in [-0.15, -0.1) is 0 Å². The molecule has 0 aliphatic carbocycles. The zero-order valence-corrected chi connectivity index (χ0v) is 68.7. The van der Waals surface area contributed by atoms with Crippen molar-refractivity contribution in [3.05, 3.63) is 473 Å². The van der Waals surface area contributed by atoms with Crippen LogP contribution in [-0.4, -0.2) is 27.4 Å². The highest BCUT2D eigenvalue weighted by Gasteiger charge is 2.26. The first-order valence-corrected chi connectivity index (χ1v) is 43.4. The van der Waals surface area contributed by atoms with Crippen molar-refractivity contribution >= 4 is 131 Å². The Hall–Kier alpha value is -16.8. The number of benzene rings is 20. The van der Waals surface area contributed by atoms with Crippen molar-refractivity contribution < 1.29 is 0 Å². The van der Waals surface area contributed by atoms with E-state index in [1.54, 1.807) is 0 Å². The highest BCUT2D eigenvalue weighted by Crippen LogP contribution is 2.48. The molecule has 0 N–H and O–H groups in total. The predicted molar refractivity (Wildman–Crippen MR) is 532 cm³/mol. The van der Waals surface area contributed by atoms with Gasteiger partial charge < -0.3 is 27.4 Å². The molecular weight excluding hydrogens is 1530 g/mol. The van der Waals surface area contributed by atoms with Crippen molar-refractivity contribution in [1.29, 1.82) is 0 Å². The maximum Gasteiger partial charge on any atom is 0.0788 e. The Labute approximate surface area is 727 Å². The number of aromatic nitrogens is 6. The molecule has 6 heterocycles. The summed E-state index contributed by atoms with van der Waals surface area (Å²) in [4.78, 5) is 0. The summed E-state index contributed by atoms with van der Waals surface area (Å²) in [5.74, 6) is 0. The molecule has 0 saturated heterocycles. The average Bonchev–Trinajstić information content (AvgIpc) is 1.54. The van der Waals surface area contributed by atoms with Gasteiger partial charge in [0.1, 0.15) is 0 Å². The van der Waals surface area contributed by atoms with Crippen LogP contribution in [0.4, 0.5) is 0 Å². The Morgan fingerprint density at radius 1 is 0.103 bits per heavy atom. The lowest BCUT2D eigenvalue weighted by Gasteiger charge is -2.13. The molecule has 0 radical (unpaired) electrons. The Kier molecular flexibility index (Phi) is 16.9. The Bertz CT molecular complexity index is 8770. The second-order valence-corrected chi connectivity index (χ2v) is 33.1. The molecule has 126 heavy (non-hydrogen) atoms. The molecule has 0 fully saturated rings. The van der Waals surface area contributed by atoms with Crippen molar-refractivity contribution in [2.75, 3.05) is 0 Å². The van der Waals surface area contributed by atoms with E-state index in [1.807, 2.05) is 0 Å². The molecule has 26 rings (SSSR count). The summed E-state index contributed by atoms with van der Waals surface area (Å²) >= 11 is 0. The predicted octanol–water partition coefficient (Wildman–Crippen LogP) is 32.0. The summed E-state index contributed by atoms with van der Waals surface area (Å²) in [6, 6.07) is 173.